The maximum absolute atomic E-state index is 11.7. The van der Waals surface area contributed by atoms with E-state index in [1.807, 2.05) is 60.7 Å². The van der Waals surface area contributed by atoms with E-state index >= 15 is 0 Å². The Bertz CT molecular complexity index is 1290. The van der Waals surface area contributed by atoms with Gasteiger partial charge in [-0.15, -0.1) is 0 Å². The van der Waals surface area contributed by atoms with E-state index < -0.39 is 11.2 Å². The number of ether oxygens (including phenoxy) is 2. The maximum Gasteiger partial charge on any atom is 0.177 e. The fourth-order valence-corrected chi connectivity index (χ4v) is 3.89. The molecule has 4 rings (SSSR count). The number of benzene rings is 4. The zero-order valence-corrected chi connectivity index (χ0v) is 20.1. The van der Waals surface area contributed by atoms with Gasteiger partial charge in [0, 0.05) is 22.3 Å². The number of hydrogen-bond acceptors (Lipinski definition) is 4. The van der Waals surface area contributed by atoms with Crippen LogP contribution in [0.2, 0.25) is 0 Å². The lowest BCUT2D eigenvalue weighted by atomic mass is 9.86. The molecule has 0 bridgehead atoms. The molecule has 2 atom stereocenters. The summed E-state index contributed by atoms with van der Waals surface area (Å²) in [6.45, 7) is 0. The third kappa shape index (κ3) is 5.11. The Morgan fingerprint density at radius 1 is 0.472 bits per heavy atom. The van der Waals surface area contributed by atoms with Crippen LogP contribution in [0.3, 0.4) is 0 Å². The van der Waals surface area contributed by atoms with Gasteiger partial charge in [0.05, 0.1) is 14.2 Å². The molecule has 0 aromatic heterocycles. The first kappa shape index (κ1) is 24.6. The monoisotopic (exact) mass is 474 g/mol. The van der Waals surface area contributed by atoms with E-state index in [0.29, 0.717) is 33.8 Å². The topological polar surface area (TPSA) is 58.9 Å². The van der Waals surface area contributed by atoms with Crippen LogP contribution in [-0.4, -0.2) is 24.4 Å². The van der Waals surface area contributed by atoms with Crippen LogP contribution in [-0.2, 0) is 11.2 Å². The molecule has 0 unspecified atom stereocenters. The molecule has 0 fully saturated rings. The molecule has 0 spiro atoms. The lowest BCUT2D eigenvalue weighted by Crippen LogP contribution is -2.25. The highest BCUT2D eigenvalue weighted by molar-refractivity contribution is 5.51. The van der Waals surface area contributed by atoms with E-state index in [2.05, 4.69) is 23.7 Å². The van der Waals surface area contributed by atoms with Crippen LogP contribution >= 0.6 is 0 Å². The highest BCUT2D eigenvalue weighted by Gasteiger charge is 2.31. The van der Waals surface area contributed by atoms with Crippen LogP contribution in [0, 0.1) is 23.7 Å². The molecule has 178 valence electrons. The molecule has 4 aromatic rings. The van der Waals surface area contributed by atoms with Gasteiger partial charge in [-0.3, -0.25) is 0 Å². The van der Waals surface area contributed by atoms with Crippen molar-refractivity contribution in [2.24, 2.45) is 0 Å². The van der Waals surface area contributed by atoms with Crippen molar-refractivity contribution in [1.82, 2.24) is 0 Å². The number of methoxy groups -OCH3 is 2. The van der Waals surface area contributed by atoms with Crippen LogP contribution in [0.15, 0.2) is 109 Å². The van der Waals surface area contributed by atoms with Crippen LogP contribution in [0.25, 0.3) is 0 Å². The fraction of sp³-hybridized carbons (Fsp3) is 0.125. The molecule has 0 saturated carbocycles. The minimum Gasteiger partial charge on any atom is -0.497 e. The lowest BCUT2D eigenvalue weighted by molar-refractivity contribution is 0.144. The normalized spacial score (nSPS) is 13.6. The van der Waals surface area contributed by atoms with Gasteiger partial charge in [0.15, 0.2) is 11.2 Å². The predicted octanol–water partition coefficient (Wildman–Crippen LogP) is 4.88. The average Bonchev–Trinajstić information content (AvgIpc) is 2.96. The Morgan fingerprint density at radius 2 is 0.778 bits per heavy atom. The van der Waals surface area contributed by atoms with Crippen molar-refractivity contribution in [1.29, 1.82) is 0 Å². The summed E-state index contributed by atoms with van der Waals surface area (Å²) in [5.41, 5.74) is -0.828. The zero-order valence-electron chi connectivity index (χ0n) is 20.1. The molecule has 0 aliphatic rings. The van der Waals surface area contributed by atoms with Crippen molar-refractivity contribution >= 4 is 0 Å². The third-order valence-electron chi connectivity index (χ3n) is 5.95. The molecule has 0 aliphatic heterocycles. The summed E-state index contributed by atoms with van der Waals surface area (Å²) in [7, 11) is 3.18. The van der Waals surface area contributed by atoms with Crippen molar-refractivity contribution in [3.8, 4) is 35.2 Å². The second kappa shape index (κ2) is 10.8. The highest BCUT2D eigenvalue weighted by Crippen LogP contribution is 2.31. The van der Waals surface area contributed by atoms with Crippen molar-refractivity contribution in [2.45, 2.75) is 11.2 Å². The first-order valence-corrected chi connectivity index (χ1v) is 11.4. The minimum atomic E-state index is -1.60. The number of rotatable bonds is 6. The van der Waals surface area contributed by atoms with E-state index in [0.717, 1.165) is 0 Å². The Labute approximate surface area is 211 Å². The quantitative estimate of drug-likeness (QED) is 0.391. The van der Waals surface area contributed by atoms with Crippen molar-refractivity contribution in [3.05, 3.63) is 131 Å². The standard InChI is InChI=1S/C32H26O4/c1-35-29-19-15-27(16-20-29)31(33,25-11-5-3-6-12-25)23-9-10-24-32(34,26-13-7-4-8-14-26)28-17-21-30(36-2)22-18-28/h3-8,11-22,33-34H,1-2H3/t31-,32-/m1/s1. The molecule has 0 heterocycles. The van der Waals surface area contributed by atoms with E-state index in [9.17, 15) is 10.2 Å². The number of hydrogen-bond donors (Lipinski definition) is 2. The first-order chi connectivity index (χ1) is 17.5. The summed E-state index contributed by atoms with van der Waals surface area (Å²) in [5.74, 6) is 12.8. The third-order valence-corrected chi connectivity index (χ3v) is 5.95. The highest BCUT2D eigenvalue weighted by atomic mass is 16.5. The molecule has 0 saturated heterocycles. The van der Waals surface area contributed by atoms with Gasteiger partial charge in [0.2, 0.25) is 0 Å². The van der Waals surface area contributed by atoms with Crippen LogP contribution in [0.4, 0.5) is 0 Å². The predicted molar refractivity (Wildman–Crippen MR) is 140 cm³/mol. The van der Waals surface area contributed by atoms with Crippen LogP contribution < -0.4 is 9.47 Å². The first-order valence-electron chi connectivity index (χ1n) is 11.4. The second-order valence-electron chi connectivity index (χ2n) is 8.11. The molecule has 36 heavy (non-hydrogen) atoms. The molecule has 4 nitrogen and oxygen atoms in total. The van der Waals surface area contributed by atoms with Crippen molar-refractivity contribution in [2.75, 3.05) is 14.2 Å². The lowest BCUT2D eigenvalue weighted by Gasteiger charge is -2.24. The van der Waals surface area contributed by atoms with Gasteiger partial charge in [-0.05, 0) is 47.9 Å². The Balaban J connectivity index is 1.78. The largest absolute Gasteiger partial charge is 0.497 e. The summed E-state index contributed by atoms with van der Waals surface area (Å²) in [6, 6.07) is 32.5. The van der Waals surface area contributed by atoms with Gasteiger partial charge in [-0.1, -0.05) is 84.9 Å². The van der Waals surface area contributed by atoms with E-state index in [-0.39, 0.29) is 0 Å². The van der Waals surface area contributed by atoms with Gasteiger partial charge >= 0.3 is 0 Å². The summed E-state index contributed by atoms with van der Waals surface area (Å²) >= 11 is 0. The molecule has 4 heteroatoms. The zero-order chi connectivity index (χ0) is 25.4. The van der Waals surface area contributed by atoms with Gasteiger partial charge < -0.3 is 19.7 Å². The van der Waals surface area contributed by atoms with Crippen molar-refractivity contribution < 1.29 is 19.7 Å². The van der Waals surface area contributed by atoms with Crippen molar-refractivity contribution in [3.63, 3.8) is 0 Å². The Kier molecular flexibility index (Phi) is 7.42. The summed E-state index contributed by atoms with van der Waals surface area (Å²) < 4.78 is 10.5. The van der Waals surface area contributed by atoms with Gasteiger partial charge in [0.1, 0.15) is 11.5 Å². The van der Waals surface area contributed by atoms with E-state index in [1.165, 1.54) is 0 Å². The molecular formula is C32H26O4. The molecule has 0 radical (unpaired) electrons. The van der Waals surface area contributed by atoms with E-state index in [1.54, 1.807) is 62.8 Å². The molecule has 2 N–H and O–H groups in total. The smallest absolute Gasteiger partial charge is 0.177 e. The fourth-order valence-electron chi connectivity index (χ4n) is 3.89. The molecule has 0 amide bonds. The van der Waals surface area contributed by atoms with Gasteiger partial charge in [-0.2, -0.15) is 0 Å². The SMILES string of the molecule is COc1ccc([C@@](O)(C#CC#C[C@@](O)(c2ccccc2)c2ccc(OC)cc2)c2ccccc2)cc1. The summed E-state index contributed by atoms with van der Waals surface area (Å²) in [4.78, 5) is 0. The summed E-state index contributed by atoms with van der Waals surface area (Å²) in [5, 5.41) is 23.4. The number of aliphatic hydroxyl groups is 2. The Morgan fingerprint density at radius 3 is 1.08 bits per heavy atom. The average molecular weight is 475 g/mol. The second-order valence-corrected chi connectivity index (χ2v) is 8.11. The molecule has 4 aromatic carbocycles. The van der Waals surface area contributed by atoms with Crippen LogP contribution in [0.1, 0.15) is 22.3 Å². The minimum absolute atomic E-state index is 0.581. The van der Waals surface area contributed by atoms with Crippen LogP contribution in [0.5, 0.6) is 11.5 Å². The maximum atomic E-state index is 11.7. The van der Waals surface area contributed by atoms with Gasteiger partial charge in [-0.25, -0.2) is 0 Å². The molecular weight excluding hydrogens is 448 g/mol. The van der Waals surface area contributed by atoms with Gasteiger partial charge in [0.25, 0.3) is 0 Å². The summed E-state index contributed by atoms with van der Waals surface area (Å²) in [6.07, 6.45) is 0. The molecule has 0 aliphatic carbocycles. The Hall–Kier alpha value is -4.48. The van der Waals surface area contributed by atoms with E-state index in [4.69, 9.17) is 9.47 Å².